The second-order valence-electron chi connectivity index (χ2n) is 2.83. The van der Waals surface area contributed by atoms with Crippen molar-refractivity contribution in [2.45, 2.75) is 18.2 Å². The molecule has 5 heteroatoms. The first-order valence-corrected chi connectivity index (χ1v) is 3.86. The van der Waals surface area contributed by atoms with E-state index in [4.69, 9.17) is 0 Å². The Balaban J connectivity index is 3.11. The predicted molar refractivity (Wildman–Crippen MR) is 43.5 cm³/mol. The molecule has 0 amide bonds. The van der Waals surface area contributed by atoms with Gasteiger partial charge in [0, 0.05) is 6.42 Å². The third kappa shape index (κ3) is 1.68. The van der Waals surface area contributed by atoms with Crippen LogP contribution in [0.25, 0.3) is 0 Å². The normalized spacial score (nSPS) is 16.3. The fourth-order valence-electron chi connectivity index (χ4n) is 1.08. The van der Waals surface area contributed by atoms with Gasteiger partial charge in [0.15, 0.2) is 0 Å². The van der Waals surface area contributed by atoms with Gasteiger partial charge in [-0.2, -0.15) is 13.2 Å². The number of halogens is 3. The van der Waals surface area contributed by atoms with Crippen LogP contribution in [0.5, 0.6) is 0 Å². The molecular weight excluding hydrogens is 197 g/mol. The minimum atomic E-state index is -4.78. The highest BCUT2D eigenvalue weighted by Crippen LogP contribution is 2.41. The van der Waals surface area contributed by atoms with E-state index in [-0.39, 0.29) is 0 Å². The zero-order chi connectivity index (χ0) is 10.8. The van der Waals surface area contributed by atoms with Crippen LogP contribution in [0.3, 0.4) is 0 Å². The van der Waals surface area contributed by atoms with E-state index in [1.54, 1.807) is 0 Å². The topological polar surface area (TPSA) is 33.4 Å². The van der Waals surface area contributed by atoms with Crippen LogP contribution in [0.15, 0.2) is 35.5 Å². The summed E-state index contributed by atoms with van der Waals surface area (Å²) in [7, 11) is 0. The molecule has 0 bridgehead atoms. The molecule has 1 heterocycles. The highest BCUT2D eigenvalue weighted by atomic mass is 19.4. The fraction of sp³-hybridized carbons (Fsp3) is 0.333. The van der Waals surface area contributed by atoms with Crippen molar-refractivity contribution in [3.63, 3.8) is 0 Å². The molecule has 0 saturated carbocycles. The minimum absolute atomic E-state index is 0.523. The van der Waals surface area contributed by atoms with Gasteiger partial charge in [-0.15, -0.1) is 6.58 Å². The van der Waals surface area contributed by atoms with Gasteiger partial charge >= 0.3 is 6.18 Å². The Hall–Kier alpha value is -1.23. The average molecular weight is 206 g/mol. The van der Waals surface area contributed by atoms with E-state index in [2.05, 4.69) is 11.0 Å². The summed E-state index contributed by atoms with van der Waals surface area (Å²) in [5.41, 5.74) is -2.97. The summed E-state index contributed by atoms with van der Waals surface area (Å²) < 4.78 is 42.1. The van der Waals surface area contributed by atoms with Crippen LogP contribution >= 0.6 is 0 Å². The lowest BCUT2D eigenvalue weighted by atomic mass is 9.96. The van der Waals surface area contributed by atoms with Gasteiger partial charge in [0.2, 0.25) is 5.60 Å². The van der Waals surface area contributed by atoms with E-state index in [0.717, 1.165) is 18.4 Å². The van der Waals surface area contributed by atoms with Crippen LogP contribution < -0.4 is 0 Å². The zero-order valence-corrected chi connectivity index (χ0v) is 7.21. The molecule has 1 aromatic heterocycles. The molecule has 2 nitrogen and oxygen atoms in total. The van der Waals surface area contributed by atoms with Crippen LogP contribution in [0.1, 0.15) is 12.2 Å². The molecule has 0 aliphatic carbocycles. The van der Waals surface area contributed by atoms with Crippen LogP contribution in [0, 0.1) is 0 Å². The summed E-state index contributed by atoms with van der Waals surface area (Å²) in [6, 6.07) is 2.37. The third-order valence-electron chi connectivity index (χ3n) is 1.84. The molecule has 0 spiro atoms. The van der Waals surface area contributed by atoms with Crippen molar-refractivity contribution >= 4 is 0 Å². The number of alkyl halides is 3. The molecule has 1 rings (SSSR count). The van der Waals surface area contributed by atoms with Crippen LogP contribution in [0.4, 0.5) is 13.2 Å². The molecule has 1 aromatic rings. The summed E-state index contributed by atoms with van der Waals surface area (Å²) in [6.45, 7) is 3.17. The molecule has 0 fully saturated rings. The Kier molecular flexibility index (Phi) is 2.71. The molecule has 0 unspecified atom stereocenters. The maximum absolute atomic E-state index is 12.5. The maximum atomic E-state index is 12.5. The SMILES string of the molecule is C=CC[C@@](O)(c1ccco1)C(F)(F)F. The van der Waals surface area contributed by atoms with Gasteiger partial charge in [0.1, 0.15) is 5.76 Å². The van der Waals surface area contributed by atoms with Crippen molar-refractivity contribution in [1.29, 1.82) is 0 Å². The maximum Gasteiger partial charge on any atom is 0.424 e. The van der Waals surface area contributed by atoms with Gasteiger partial charge < -0.3 is 9.52 Å². The van der Waals surface area contributed by atoms with Crippen molar-refractivity contribution in [3.8, 4) is 0 Å². The fourth-order valence-corrected chi connectivity index (χ4v) is 1.08. The molecule has 14 heavy (non-hydrogen) atoms. The van der Waals surface area contributed by atoms with Gasteiger partial charge in [-0.05, 0) is 12.1 Å². The molecule has 0 aliphatic heterocycles. The second kappa shape index (κ2) is 3.49. The van der Waals surface area contributed by atoms with Crippen molar-refractivity contribution < 1.29 is 22.7 Å². The largest absolute Gasteiger partial charge is 0.466 e. The molecule has 0 aromatic carbocycles. The average Bonchev–Trinajstić information content (AvgIpc) is 2.54. The van der Waals surface area contributed by atoms with Crippen molar-refractivity contribution in [2.24, 2.45) is 0 Å². The van der Waals surface area contributed by atoms with E-state index < -0.39 is 24.0 Å². The smallest absolute Gasteiger partial charge is 0.424 e. The molecule has 1 N–H and O–H groups in total. The first kappa shape index (κ1) is 10.8. The molecule has 0 aliphatic rings. The number of aliphatic hydroxyl groups is 1. The lowest BCUT2D eigenvalue weighted by Gasteiger charge is -2.27. The standard InChI is InChI=1S/C9H9F3O2/c1-2-5-8(13,9(10,11)12)7-4-3-6-14-7/h2-4,6,13H,1,5H2/t8-/m1/s1. The van der Waals surface area contributed by atoms with Gasteiger partial charge in [0.05, 0.1) is 6.26 Å². The van der Waals surface area contributed by atoms with E-state index >= 15 is 0 Å². The summed E-state index contributed by atoms with van der Waals surface area (Å²) in [5, 5.41) is 9.42. The van der Waals surface area contributed by atoms with E-state index in [0.29, 0.717) is 0 Å². The number of furan rings is 1. The summed E-state index contributed by atoms with van der Waals surface area (Å²) in [5.74, 6) is -0.523. The minimum Gasteiger partial charge on any atom is -0.466 e. The summed E-state index contributed by atoms with van der Waals surface area (Å²) in [4.78, 5) is 0. The van der Waals surface area contributed by atoms with Crippen LogP contribution in [0.2, 0.25) is 0 Å². The Morgan fingerprint density at radius 2 is 2.14 bits per heavy atom. The molecule has 78 valence electrons. The molecule has 0 saturated heterocycles. The van der Waals surface area contributed by atoms with E-state index in [1.165, 1.54) is 6.07 Å². The van der Waals surface area contributed by atoms with Gasteiger partial charge in [-0.3, -0.25) is 0 Å². The number of hydrogen-bond acceptors (Lipinski definition) is 2. The Morgan fingerprint density at radius 3 is 2.50 bits per heavy atom. The first-order valence-electron chi connectivity index (χ1n) is 3.86. The van der Waals surface area contributed by atoms with Crippen molar-refractivity contribution in [2.75, 3.05) is 0 Å². The number of hydrogen-bond donors (Lipinski definition) is 1. The zero-order valence-electron chi connectivity index (χ0n) is 7.21. The lowest BCUT2D eigenvalue weighted by Crippen LogP contribution is -2.41. The Bertz CT molecular complexity index is 302. The monoisotopic (exact) mass is 206 g/mol. The van der Waals surface area contributed by atoms with Crippen LogP contribution in [-0.4, -0.2) is 11.3 Å². The Morgan fingerprint density at radius 1 is 1.50 bits per heavy atom. The van der Waals surface area contributed by atoms with Crippen molar-refractivity contribution in [3.05, 3.63) is 36.8 Å². The van der Waals surface area contributed by atoms with Gasteiger partial charge in [-0.1, -0.05) is 6.08 Å². The van der Waals surface area contributed by atoms with Crippen molar-refractivity contribution in [1.82, 2.24) is 0 Å². The van der Waals surface area contributed by atoms with Gasteiger partial charge in [-0.25, -0.2) is 0 Å². The van der Waals surface area contributed by atoms with E-state index in [1.807, 2.05) is 0 Å². The molecular formula is C9H9F3O2. The third-order valence-corrected chi connectivity index (χ3v) is 1.84. The highest BCUT2D eigenvalue weighted by Gasteiger charge is 2.56. The quantitative estimate of drug-likeness (QED) is 0.771. The van der Waals surface area contributed by atoms with Gasteiger partial charge in [0.25, 0.3) is 0 Å². The second-order valence-corrected chi connectivity index (χ2v) is 2.83. The molecule has 1 atom stereocenters. The summed E-state index contributed by atoms with van der Waals surface area (Å²) >= 11 is 0. The lowest BCUT2D eigenvalue weighted by molar-refractivity contribution is -0.271. The van der Waals surface area contributed by atoms with E-state index in [9.17, 15) is 18.3 Å². The summed E-state index contributed by atoms with van der Waals surface area (Å²) in [6.07, 6.45) is -3.34. The highest BCUT2D eigenvalue weighted by molar-refractivity contribution is 5.13. The van der Waals surface area contributed by atoms with Crippen LogP contribution in [-0.2, 0) is 5.60 Å². The number of rotatable bonds is 3. The predicted octanol–water partition coefficient (Wildman–Crippen LogP) is 2.61. The first-order chi connectivity index (χ1) is 6.42. The Labute approximate surface area is 78.7 Å². The molecule has 0 radical (unpaired) electrons.